The zero-order chi connectivity index (χ0) is 15.6. The molecule has 1 aromatic carbocycles. The van der Waals surface area contributed by atoms with Gasteiger partial charge < -0.3 is 15.7 Å². The standard InChI is InChI=1S/C15H19FN2O3/c1-9(2)15(5-6-15)8-17-14(21)18-12-4-3-10(13(19)20)7-11(12)16/h3-4,7,9H,5-6,8H2,1-2H3,(H,19,20)(H2,17,18,21). The van der Waals surface area contributed by atoms with Gasteiger partial charge in [-0.05, 0) is 42.4 Å². The molecule has 6 heteroatoms. The van der Waals surface area contributed by atoms with Gasteiger partial charge >= 0.3 is 12.0 Å². The largest absolute Gasteiger partial charge is 0.478 e. The van der Waals surface area contributed by atoms with E-state index >= 15 is 0 Å². The van der Waals surface area contributed by atoms with Crippen molar-refractivity contribution in [1.29, 1.82) is 0 Å². The van der Waals surface area contributed by atoms with Crippen LogP contribution in [0.3, 0.4) is 0 Å². The number of anilines is 1. The highest BCUT2D eigenvalue weighted by Gasteiger charge is 2.45. The number of carbonyl (C=O) groups is 2. The molecule has 1 aliphatic carbocycles. The van der Waals surface area contributed by atoms with Gasteiger partial charge in [0.2, 0.25) is 0 Å². The maximum Gasteiger partial charge on any atom is 0.335 e. The highest BCUT2D eigenvalue weighted by molar-refractivity contribution is 5.91. The molecule has 0 aromatic heterocycles. The molecule has 0 aliphatic heterocycles. The molecule has 0 unspecified atom stereocenters. The minimum atomic E-state index is -1.21. The Morgan fingerprint density at radius 2 is 2.05 bits per heavy atom. The van der Waals surface area contributed by atoms with Crippen LogP contribution in [0, 0.1) is 17.2 Å². The van der Waals surface area contributed by atoms with E-state index in [-0.39, 0.29) is 16.7 Å². The van der Waals surface area contributed by atoms with E-state index in [9.17, 15) is 14.0 Å². The summed E-state index contributed by atoms with van der Waals surface area (Å²) < 4.78 is 13.7. The summed E-state index contributed by atoms with van der Waals surface area (Å²) in [6, 6.07) is 2.89. The molecule has 0 atom stereocenters. The number of rotatable bonds is 5. The van der Waals surface area contributed by atoms with Gasteiger partial charge in [-0.2, -0.15) is 0 Å². The number of amides is 2. The summed E-state index contributed by atoms with van der Waals surface area (Å²) in [5.74, 6) is -1.49. The molecule has 0 saturated heterocycles. The van der Waals surface area contributed by atoms with Crippen LogP contribution >= 0.6 is 0 Å². The van der Waals surface area contributed by atoms with Gasteiger partial charge in [-0.1, -0.05) is 13.8 Å². The SMILES string of the molecule is CC(C)C1(CNC(=O)Nc2ccc(C(=O)O)cc2F)CC1. The number of benzene rings is 1. The summed E-state index contributed by atoms with van der Waals surface area (Å²) in [5, 5.41) is 13.9. The van der Waals surface area contributed by atoms with E-state index in [4.69, 9.17) is 5.11 Å². The van der Waals surface area contributed by atoms with E-state index in [1.807, 2.05) is 0 Å². The highest BCUT2D eigenvalue weighted by Crippen LogP contribution is 2.51. The summed E-state index contributed by atoms with van der Waals surface area (Å²) in [5.41, 5.74) is -0.0228. The van der Waals surface area contributed by atoms with Crippen LogP contribution in [-0.2, 0) is 0 Å². The van der Waals surface area contributed by atoms with Gasteiger partial charge in [0.1, 0.15) is 5.82 Å². The fraction of sp³-hybridized carbons (Fsp3) is 0.467. The molecule has 0 heterocycles. The molecule has 0 bridgehead atoms. The number of hydrogen-bond donors (Lipinski definition) is 3. The molecule has 1 saturated carbocycles. The van der Waals surface area contributed by atoms with Gasteiger partial charge in [0.25, 0.3) is 0 Å². The van der Waals surface area contributed by atoms with Crippen molar-refractivity contribution in [2.75, 3.05) is 11.9 Å². The van der Waals surface area contributed by atoms with E-state index in [1.54, 1.807) is 0 Å². The van der Waals surface area contributed by atoms with Gasteiger partial charge in [-0.15, -0.1) is 0 Å². The minimum absolute atomic E-state index is 0.0353. The second-order valence-electron chi connectivity index (χ2n) is 5.82. The third-order valence-corrected chi connectivity index (χ3v) is 4.18. The Morgan fingerprint density at radius 3 is 2.52 bits per heavy atom. The van der Waals surface area contributed by atoms with Gasteiger partial charge in [-0.3, -0.25) is 0 Å². The van der Waals surface area contributed by atoms with Crippen molar-refractivity contribution in [3.05, 3.63) is 29.6 Å². The molecule has 21 heavy (non-hydrogen) atoms. The van der Waals surface area contributed by atoms with Crippen molar-refractivity contribution in [2.45, 2.75) is 26.7 Å². The van der Waals surface area contributed by atoms with Crippen LogP contribution in [0.4, 0.5) is 14.9 Å². The van der Waals surface area contributed by atoms with Gasteiger partial charge in [0.15, 0.2) is 0 Å². The first kappa shape index (κ1) is 15.3. The maximum atomic E-state index is 13.7. The quantitative estimate of drug-likeness (QED) is 0.781. The topological polar surface area (TPSA) is 78.4 Å². The van der Waals surface area contributed by atoms with Crippen molar-refractivity contribution in [2.24, 2.45) is 11.3 Å². The maximum absolute atomic E-state index is 13.7. The number of carboxylic acid groups (broad SMARTS) is 1. The molecular formula is C15H19FN2O3. The van der Waals surface area contributed by atoms with E-state index in [2.05, 4.69) is 24.5 Å². The molecule has 1 aliphatic rings. The normalized spacial score (nSPS) is 15.6. The van der Waals surface area contributed by atoms with Crippen molar-refractivity contribution in [3.63, 3.8) is 0 Å². The average molecular weight is 294 g/mol. The van der Waals surface area contributed by atoms with Gasteiger partial charge in [0.05, 0.1) is 11.3 Å². The number of urea groups is 1. The third kappa shape index (κ3) is 3.51. The fourth-order valence-electron chi connectivity index (χ4n) is 2.29. The van der Waals surface area contributed by atoms with Crippen LogP contribution < -0.4 is 10.6 Å². The molecule has 1 fully saturated rings. The lowest BCUT2D eigenvalue weighted by atomic mass is 9.92. The van der Waals surface area contributed by atoms with E-state index < -0.39 is 17.8 Å². The number of halogens is 1. The summed E-state index contributed by atoms with van der Waals surface area (Å²) >= 11 is 0. The zero-order valence-corrected chi connectivity index (χ0v) is 12.1. The van der Waals surface area contributed by atoms with E-state index in [1.165, 1.54) is 12.1 Å². The first-order valence-corrected chi connectivity index (χ1v) is 6.92. The van der Waals surface area contributed by atoms with Crippen molar-refractivity contribution in [3.8, 4) is 0 Å². The predicted molar refractivity (Wildman–Crippen MR) is 76.9 cm³/mol. The summed E-state index contributed by atoms with van der Waals surface area (Å²) in [6.07, 6.45) is 2.18. The number of carboxylic acids is 1. The molecule has 2 rings (SSSR count). The number of carbonyl (C=O) groups excluding carboxylic acids is 1. The van der Waals surface area contributed by atoms with E-state index in [0.29, 0.717) is 12.5 Å². The Bertz CT molecular complexity index is 568. The van der Waals surface area contributed by atoms with Gasteiger partial charge in [-0.25, -0.2) is 14.0 Å². The summed E-state index contributed by atoms with van der Waals surface area (Å²) in [4.78, 5) is 22.5. The molecule has 3 N–H and O–H groups in total. The van der Waals surface area contributed by atoms with Crippen LogP contribution in [0.2, 0.25) is 0 Å². The van der Waals surface area contributed by atoms with Crippen molar-refractivity contribution >= 4 is 17.7 Å². The van der Waals surface area contributed by atoms with Crippen LogP contribution in [-0.4, -0.2) is 23.7 Å². The van der Waals surface area contributed by atoms with Gasteiger partial charge in [0, 0.05) is 6.54 Å². The summed E-state index contributed by atoms with van der Waals surface area (Å²) in [6.45, 7) is 4.80. The van der Waals surface area contributed by atoms with Crippen LogP contribution in [0.5, 0.6) is 0 Å². The van der Waals surface area contributed by atoms with Crippen molar-refractivity contribution < 1.29 is 19.1 Å². The monoisotopic (exact) mass is 294 g/mol. The molecule has 5 nitrogen and oxygen atoms in total. The fourth-order valence-corrected chi connectivity index (χ4v) is 2.29. The second kappa shape index (κ2) is 5.71. The smallest absolute Gasteiger partial charge is 0.335 e. The molecular weight excluding hydrogens is 275 g/mol. The van der Waals surface area contributed by atoms with Crippen LogP contribution in [0.25, 0.3) is 0 Å². The highest BCUT2D eigenvalue weighted by atomic mass is 19.1. The minimum Gasteiger partial charge on any atom is -0.478 e. The Labute approximate surface area is 122 Å². The Hall–Kier alpha value is -2.11. The third-order valence-electron chi connectivity index (χ3n) is 4.18. The van der Waals surface area contributed by atoms with Crippen LogP contribution in [0.15, 0.2) is 18.2 Å². The lowest BCUT2D eigenvalue weighted by Gasteiger charge is -2.20. The van der Waals surface area contributed by atoms with E-state index in [0.717, 1.165) is 18.9 Å². The summed E-state index contributed by atoms with van der Waals surface area (Å²) in [7, 11) is 0. The molecule has 1 aromatic rings. The Balaban J connectivity index is 1.92. The first-order valence-electron chi connectivity index (χ1n) is 6.92. The molecule has 0 spiro atoms. The first-order chi connectivity index (χ1) is 9.84. The predicted octanol–water partition coefficient (Wildman–Crippen LogP) is 3.08. The molecule has 114 valence electrons. The lowest BCUT2D eigenvalue weighted by molar-refractivity contribution is 0.0696. The van der Waals surface area contributed by atoms with Crippen molar-refractivity contribution in [1.82, 2.24) is 5.32 Å². The number of hydrogen-bond acceptors (Lipinski definition) is 2. The lowest BCUT2D eigenvalue weighted by Crippen LogP contribution is -2.35. The number of nitrogens with one attached hydrogen (secondary N) is 2. The Kier molecular flexibility index (Phi) is 4.16. The molecule has 0 radical (unpaired) electrons. The second-order valence-corrected chi connectivity index (χ2v) is 5.82. The zero-order valence-electron chi connectivity index (χ0n) is 12.1. The number of aromatic carboxylic acids is 1. The van der Waals surface area contributed by atoms with Crippen LogP contribution in [0.1, 0.15) is 37.0 Å². The average Bonchev–Trinajstić information content (AvgIpc) is 3.20. The molecule has 2 amide bonds. The Morgan fingerprint density at radius 1 is 1.38 bits per heavy atom.